The summed E-state index contributed by atoms with van der Waals surface area (Å²) in [5.41, 5.74) is 0. The van der Waals surface area contributed by atoms with Crippen molar-refractivity contribution in [3.05, 3.63) is 0 Å². The lowest BCUT2D eigenvalue weighted by atomic mass is 9.90. The van der Waals surface area contributed by atoms with Gasteiger partial charge in [-0.1, -0.05) is 13.8 Å². The highest BCUT2D eigenvalue weighted by Crippen LogP contribution is 2.33. The van der Waals surface area contributed by atoms with Crippen molar-refractivity contribution in [2.24, 2.45) is 11.8 Å². The lowest BCUT2D eigenvalue weighted by Gasteiger charge is -2.34. The van der Waals surface area contributed by atoms with Gasteiger partial charge in [0.1, 0.15) is 0 Å². The molecule has 0 nitrogen and oxygen atoms in total. The highest BCUT2D eigenvalue weighted by atomic mass is 33.3. The van der Waals surface area contributed by atoms with Crippen LogP contribution in [0.5, 0.6) is 0 Å². The fourth-order valence-corrected chi connectivity index (χ4v) is 14.7. The van der Waals surface area contributed by atoms with Gasteiger partial charge in [-0.15, -0.1) is 9.45 Å². The molecule has 0 saturated heterocycles. The van der Waals surface area contributed by atoms with Crippen molar-refractivity contribution in [3.63, 3.8) is 0 Å². The Bertz CT molecular complexity index is 387. The lowest BCUT2D eigenvalue weighted by Crippen LogP contribution is -2.31. The first-order valence-corrected chi connectivity index (χ1v) is 13.8. The molecule has 2 aliphatic rings. The second kappa shape index (κ2) is 8.62. The molecule has 0 aromatic rings. The van der Waals surface area contributed by atoms with E-state index in [4.69, 9.17) is 11.2 Å². The van der Waals surface area contributed by atoms with Crippen LogP contribution in [0.2, 0.25) is 0 Å². The Kier molecular flexibility index (Phi) is 7.53. The lowest BCUT2D eigenvalue weighted by molar-refractivity contribution is 0.378. The van der Waals surface area contributed by atoms with E-state index in [1.54, 1.807) is 0 Å². The largest absolute Gasteiger partial charge is 0.115 e. The molecule has 0 heterocycles. The van der Waals surface area contributed by atoms with Crippen LogP contribution in [0, 0.1) is 11.8 Å². The van der Waals surface area contributed by atoms with Crippen LogP contribution in [-0.4, -0.2) is 10.5 Å². The van der Waals surface area contributed by atoms with Crippen molar-refractivity contribution < 1.29 is 0 Å². The molecule has 0 aromatic carbocycles. The highest BCUT2D eigenvalue weighted by Gasteiger charge is 2.28. The predicted octanol–water partition coefficient (Wildman–Crippen LogP) is 4.22. The minimum atomic E-state index is 0.565. The van der Waals surface area contributed by atoms with E-state index in [2.05, 4.69) is 22.7 Å². The molecular formula is C14H26S5. The quantitative estimate of drug-likeness (QED) is 0.715. The van der Waals surface area contributed by atoms with E-state index < -0.39 is 0 Å². The Morgan fingerprint density at radius 3 is 1.58 bits per heavy atom. The molecule has 0 aliphatic heterocycles. The monoisotopic (exact) mass is 354 g/mol. The summed E-state index contributed by atoms with van der Waals surface area (Å²) in [6.45, 7) is 4.86. The van der Waals surface area contributed by atoms with Gasteiger partial charge in [0.25, 0.3) is 0 Å². The zero-order valence-corrected chi connectivity index (χ0v) is 16.1. The summed E-state index contributed by atoms with van der Waals surface area (Å²) in [4.78, 5) is 0. The molecule has 2 aliphatic carbocycles. The minimum absolute atomic E-state index is 0.565. The fourth-order valence-electron chi connectivity index (χ4n) is 3.35. The van der Waals surface area contributed by atoms with Gasteiger partial charge in [-0.2, -0.15) is 0 Å². The second-order valence-electron chi connectivity index (χ2n) is 6.30. The van der Waals surface area contributed by atoms with E-state index in [1.807, 2.05) is 8.88 Å². The Labute approximate surface area is 134 Å². The number of hydrogen-bond donors (Lipinski definition) is 0. The van der Waals surface area contributed by atoms with Crippen LogP contribution in [0.25, 0.3) is 0 Å². The Morgan fingerprint density at radius 2 is 1.21 bits per heavy atom. The normalized spacial score (nSPS) is 37.4. The molecule has 19 heavy (non-hydrogen) atoms. The molecule has 0 bridgehead atoms. The third-order valence-electron chi connectivity index (χ3n) is 4.72. The zero-order valence-electron chi connectivity index (χ0n) is 12.0. The summed E-state index contributed by atoms with van der Waals surface area (Å²) >= 11 is 5.07. The predicted molar refractivity (Wildman–Crippen MR) is 99.7 cm³/mol. The zero-order chi connectivity index (χ0) is 13.7. The van der Waals surface area contributed by atoms with Gasteiger partial charge in [-0.3, -0.25) is 0 Å². The van der Waals surface area contributed by atoms with E-state index in [-0.39, 0.29) is 0 Å². The van der Waals surface area contributed by atoms with Gasteiger partial charge in [0.05, 0.1) is 0 Å². The molecule has 2 rings (SSSR count). The molecule has 0 N–H and O–H groups in total. The van der Waals surface area contributed by atoms with Crippen molar-refractivity contribution in [1.82, 2.24) is 0 Å². The molecular weight excluding hydrogens is 328 g/mol. The molecule has 2 saturated carbocycles. The summed E-state index contributed by atoms with van der Waals surface area (Å²) in [6.07, 6.45) is 11.8. The van der Waals surface area contributed by atoms with E-state index in [9.17, 15) is 0 Å². The molecule has 0 unspecified atom stereocenters. The van der Waals surface area contributed by atoms with Gasteiger partial charge in [0.15, 0.2) is 0 Å². The van der Waals surface area contributed by atoms with Crippen LogP contribution in [0.4, 0.5) is 0 Å². The van der Waals surface area contributed by atoms with Crippen LogP contribution in [-0.2, 0) is 47.3 Å². The van der Waals surface area contributed by atoms with Crippen LogP contribution < -0.4 is 0 Å². The van der Waals surface area contributed by atoms with Crippen molar-refractivity contribution in [2.75, 3.05) is 0 Å². The first kappa shape index (κ1) is 16.6. The average molecular weight is 355 g/mol. The smallest absolute Gasteiger partial charge is 0.00965 e. The van der Waals surface area contributed by atoms with Crippen molar-refractivity contribution in [2.45, 2.75) is 75.7 Å². The fraction of sp³-hybridized carbons (Fsp3) is 1.00. The van der Waals surface area contributed by atoms with E-state index in [1.165, 1.54) is 60.2 Å². The molecule has 112 valence electrons. The number of hydrogen-bond acceptors (Lipinski definition) is 1. The summed E-state index contributed by atoms with van der Waals surface area (Å²) in [6, 6.07) is 0. The maximum atomic E-state index is 5.07. The van der Waals surface area contributed by atoms with Gasteiger partial charge in [-0.25, -0.2) is 0 Å². The van der Waals surface area contributed by atoms with Crippen LogP contribution in [0.1, 0.15) is 65.2 Å². The molecule has 0 aromatic heterocycles. The molecule has 0 radical (unpaired) electrons. The second-order valence-corrected chi connectivity index (χ2v) is 14.7. The first-order chi connectivity index (χ1) is 9.20. The molecule has 0 amide bonds. The SMILES string of the molecule is CC1CCC(S(=S=S=S=S)C2CCC(C)CC2)CC1. The summed E-state index contributed by atoms with van der Waals surface area (Å²) in [5, 5.41) is 1.99. The minimum Gasteiger partial charge on any atom is -0.115 e. The summed E-state index contributed by atoms with van der Waals surface area (Å²) in [5.74, 6) is 1.94. The maximum absolute atomic E-state index is 5.07. The molecule has 0 atom stereocenters. The van der Waals surface area contributed by atoms with Crippen LogP contribution >= 0.6 is 0 Å². The van der Waals surface area contributed by atoms with E-state index in [0.717, 1.165) is 22.3 Å². The third kappa shape index (κ3) is 5.17. The third-order valence-corrected chi connectivity index (χ3v) is 15.1. The molecule has 0 spiro atoms. The number of rotatable bonds is 2. The van der Waals surface area contributed by atoms with Crippen molar-refractivity contribution >= 4 is 47.3 Å². The highest BCUT2D eigenvalue weighted by molar-refractivity contribution is 8.64. The standard InChI is InChI=1S/C14H26S5/c1-11-3-7-13(8-4-11)19(18-17-16-15)14-9-5-12(2)6-10-14/h11-14H,3-10H2,1-2H3. The Hall–Kier alpha value is 1.23. The maximum Gasteiger partial charge on any atom is 0.00965 e. The van der Waals surface area contributed by atoms with Gasteiger partial charge in [0.2, 0.25) is 0 Å². The van der Waals surface area contributed by atoms with Gasteiger partial charge < -0.3 is 0 Å². The van der Waals surface area contributed by atoms with Crippen LogP contribution in [0.15, 0.2) is 0 Å². The van der Waals surface area contributed by atoms with Gasteiger partial charge >= 0.3 is 0 Å². The summed E-state index contributed by atoms with van der Waals surface area (Å²) in [7, 11) is 6.10. The van der Waals surface area contributed by atoms with Crippen molar-refractivity contribution in [3.8, 4) is 0 Å². The topological polar surface area (TPSA) is 0 Å². The Balaban J connectivity index is 2.13. The van der Waals surface area contributed by atoms with E-state index in [0.29, 0.717) is 9.45 Å². The molecule has 2 fully saturated rings. The average Bonchev–Trinajstić information content (AvgIpc) is 2.43. The summed E-state index contributed by atoms with van der Waals surface area (Å²) < 4.78 is 0. The van der Waals surface area contributed by atoms with Crippen LogP contribution in [0.3, 0.4) is 0 Å². The Morgan fingerprint density at radius 1 is 0.789 bits per heavy atom. The van der Waals surface area contributed by atoms with Gasteiger partial charge in [-0.05, 0) is 101 Å². The van der Waals surface area contributed by atoms with Crippen molar-refractivity contribution in [1.29, 1.82) is 0 Å². The van der Waals surface area contributed by atoms with Gasteiger partial charge in [0, 0.05) is 10.5 Å². The molecule has 5 heteroatoms. The van der Waals surface area contributed by atoms with E-state index >= 15 is 0 Å². The first-order valence-electron chi connectivity index (χ1n) is 7.56.